The van der Waals surface area contributed by atoms with Crippen LogP contribution < -0.4 is 0 Å². The highest BCUT2D eigenvalue weighted by Crippen LogP contribution is 2.34. The van der Waals surface area contributed by atoms with Crippen molar-refractivity contribution in [1.82, 2.24) is 4.90 Å². The zero-order valence-electron chi connectivity index (χ0n) is 13.1. The fraction of sp³-hybridized carbons (Fsp3) is 0.350. The zero-order chi connectivity index (χ0) is 15.4. The zero-order valence-corrected chi connectivity index (χ0v) is 13.1. The molecule has 1 amide bonds. The van der Waals surface area contributed by atoms with E-state index in [4.69, 9.17) is 0 Å². The first-order valence-corrected chi connectivity index (χ1v) is 8.21. The molecular formula is C20H23NO. The van der Waals surface area contributed by atoms with Crippen LogP contribution >= 0.6 is 0 Å². The van der Waals surface area contributed by atoms with Crippen molar-refractivity contribution >= 4 is 5.91 Å². The predicted octanol–water partition coefficient (Wildman–Crippen LogP) is 4.42. The molecule has 2 nitrogen and oxygen atoms in total. The number of carbonyl (C=O) groups is 1. The summed E-state index contributed by atoms with van der Waals surface area (Å²) in [5.41, 5.74) is 2.37. The van der Waals surface area contributed by atoms with Crippen molar-refractivity contribution in [2.24, 2.45) is 5.92 Å². The van der Waals surface area contributed by atoms with Gasteiger partial charge < -0.3 is 4.90 Å². The van der Waals surface area contributed by atoms with Gasteiger partial charge in [-0.3, -0.25) is 4.79 Å². The van der Waals surface area contributed by atoms with E-state index in [0.717, 1.165) is 19.4 Å². The summed E-state index contributed by atoms with van der Waals surface area (Å²) in [7, 11) is 0. The number of rotatable bonds is 5. The second-order valence-electron chi connectivity index (χ2n) is 5.98. The van der Waals surface area contributed by atoms with Crippen molar-refractivity contribution in [3.63, 3.8) is 0 Å². The smallest absolute Gasteiger partial charge is 0.226 e. The lowest BCUT2D eigenvalue weighted by molar-refractivity contribution is -0.139. The minimum absolute atomic E-state index is 0.0144. The third-order valence-electron chi connectivity index (χ3n) is 4.62. The summed E-state index contributed by atoms with van der Waals surface area (Å²) < 4.78 is 0. The van der Waals surface area contributed by atoms with E-state index in [0.29, 0.717) is 5.91 Å². The summed E-state index contributed by atoms with van der Waals surface area (Å²) in [6.07, 6.45) is 3.28. The monoisotopic (exact) mass is 293 g/mol. The molecule has 0 atom stereocenters. The van der Waals surface area contributed by atoms with Crippen molar-refractivity contribution < 1.29 is 4.79 Å². The average molecular weight is 293 g/mol. The Bertz CT molecular complexity index is 565. The average Bonchev–Trinajstić information content (AvgIpc) is 2.52. The third-order valence-corrected chi connectivity index (χ3v) is 4.62. The maximum absolute atomic E-state index is 12.9. The number of hydrogen-bond donors (Lipinski definition) is 0. The van der Waals surface area contributed by atoms with Gasteiger partial charge in [0, 0.05) is 12.5 Å². The molecule has 0 saturated heterocycles. The van der Waals surface area contributed by atoms with Crippen molar-refractivity contribution in [1.29, 1.82) is 0 Å². The Labute approximate surface area is 132 Å². The molecule has 0 radical (unpaired) electrons. The van der Waals surface area contributed by atoms with Crippen LogP contribution in [0, 0.1) is 5.92 Å². The van der Waals surface area contributed by atoms with Gasteiger partial charge in [0.05, 0.1) is 6.04 Å². The molecule has 0 aliphatic heterocycles. The lowest BCUT2D eigenvalue weighted by Crippen LogP contribution is -2.41. The Hall–Kier alpha value is -2.09. The summed E-state index contributed by atoms with van der Waals surface area (Å²) in [6.45, 7) is 2.82. The second kappa shape index (κ2) is 6.78. The fourth-order valence-corrected chi connectivity index (χ4v) is 3.18. The highest BCUT2D eigenvalue weighted by molar-refractivity contribution is 5.80. The number of carbonyl (C=O) groups excluding carboxylic acids is 1. The summed E-state index contributed by atoms with van der Waals surface area (Å²) in [5.74, 6) is 0.543. The van der Waals surface area contributed by atoms with Crippen LogP contribution in [0.5, 0.6) is 0 Å². The van der Waals surface area contributed by atoms with Crippen molar-refractivity contribution in [2.75, 3.05) is 6.54 Å². The van der Waals surface area contributed by atoms with Crippen molar-refractivity contribution in [3.8, 4) is 0 Å². The molecular weight excluding hydrogens is 270 g/mol. The maximum atomic E-state index is 12.9. The Morgan fingerprint density at radius 1 is 1.00 bits per heavy atom. The van der Waals surface area contributed by atoms with Gasteiger partial charge in [-0.05, 0) is 30.9 Å². The van der Waals surface area contributed by atoms with Crippen LogP contribution in [0.4, 0.5) is 0 Å². The molecule has 2 aromatic carbocycles. The molecule has 1 aliphatic carbocycles. The van der Waals surface area contributed by atoms with Gasteiger partial charge >= 0.3 is 0 Å². The SMILES string of the molecule is CCN(C(=O)C1CCC1)C(c1ccccc1)c1ccccc1. The van der Waals surface area contributed by atoms with E-state index in [2.05, 4.69) is 36.1 Å². The second-order valence-corrected chi connectivity index (χ2v) is 5.98. The van der Waals surface area contributed by atoms with Gasteiger partial charge in [0.25, 0.3) is 0 Å². The Balaban J connectivity index is 1.98. The van der Waals surface area contributed by atoms with Crippen LogP contribution in [-0.2, 0) is 4.79 Å². The van der Waals surface area contributed by atoms with Crippen LogP contribution in [-0.4, -0.2) is 17.4 Å². The summed E-state index contributed by atoms with van der Waals surface area (Å²) in [5, 5.41) is 0. The lowest BCUT2D eigenvalue weighted by atomic mass is 9.83. The molecule has 2 aromatic rings. The molecule has 2 heteroatoms. The van der Waals surface area contributed by atoms with E-state index in [1.165, 1.54) is 17.5 Å². The minimum Gasteiger partial charge on any atom is -0.332 e. The molecule has 22 heavy (non-hydrogen) atoms. The molecule has 1 aliphatic rings. The number of benzene rings is 2. The van der Waals surface area contributed by atoms with Crippen LogP contribution in [0.2, 0.25) is 0 Å². The number of nitrogens with zero attached hydrogens (tertiary/aromatic N) is 1. The highest BCUT2D eigenvalue weighted by atomic mass is 16.2. The maximum Gasteiger partial charge on any atom is 0.226 e. The quantitative estimate of drug-likeness (QED) is 0.799. The fourth-order valence-electron chi connectivity index (χ4n) is 3.18. The molecule has 0 spiro atoms. The van der Waals surface area contributed by atoms with Crippen molar-refractivity contribution in [2.45, 2.75) is 32.2 Å². The topological polar surface area (TPSA) is 20.3 Å². The van der Waals surface area contributed by atoms with E-state index in [1.807, 2.05) is 36.4 Å². The highest BCUT2D eigenvalue weighted by Gasteiger charge is 2.33. The number of amides is 1. The molecule has 0 bridgehead atoms. The Morgan fingerprint density at radius 2 is 1.50 bits per heavy atom. The first-order valence-electron chi connectivity index (χ1n) is 8.21. The van der Waals surface area contributed by atoms with Crippen molar-refractivity contribution in [3.05, 3.63) is 71.8 Å². The summed E-state index contributed by atoms with van der Waals surface area (Å²) >= 11 is 0. The standard InChI is InChI=1S/C20H23NO/c1-2-21(20(22)18-14-9-15-18)19(16-10-5-3-6-11-16)17-12-7-4-8-13-17/h3-8,10-13,18-19H,2,9,14-15H2,1H3. The molecule has 0 N–H and O–H groups in total. The molecule has 114 valence electrons. The molecule has 0 heterocycles. The molecule has 1 saturated carbocycles. The van der Waals surface area contributed by atoms with E-state index in [9.17, 15) is 4.79 Å². The van der Waals surface area contributed by atoms with Crippen LogP contribution in [0.3, 0.4) is 0 Å². The van der Waals surface area contributed by atoms with E-state index in [1.54, 1.807) is 0 Å². The van der Waals surface area contributed by atoms with Gasteiger partial charge in [-0.1, -0.05) is 67.1 Å². The molecule has 0 unspecified atom stereocenters. The van der Waals surface area contributed by atoms with Crippen LogP contribution in [0.25, 0.3) is 0 Å². The van der Waals surface area contributed by atoms with Crippen LogP contribution in [0.15, 0.2) is 60.7 Å². The normalized spacial score (nSPS) is 14.6. The molecule has 3 rings (SSSR count). The Kier molecular flexibility index (Phi) is 4.57. The van der Waals surface area contributed by atoms with Crippen LogP contribution in [0.1, 0.15) is 43.4 Å². The summed E-state index contributed by atoms with van der Waals surface area (Å²) in [6, 6.07) is 20.7. The first kappa shape index (κ1) is 14.8. The molecule has 0 aromatic heterocycles. The van der Waals surface area contributed by atoms with E-state index in [-0.39, 0.29) is 12.0 Å². The third kappa shape index (κ3) is 2.92. The predicted molar refractivity (Wildman–Crippen MR) is 89.5 cm³/mol. The molecule has 1 fully saturated rings. The first-order chi connectivity index (χ1) is 10.8. The largest absolute Gasteiger partial charge is 0.332 e. The van der Waals surface area contributed by atoms with E-state index < -0.39 is 0 Å². The van der Waals surface area contributed by atoms with E-state index >= 15 is 0 Å². The number of hydrogen-bond acceptors (Lipinski definition) is 1. The summed E-state index contributed by atoms with van der Waals surface area (Å²) in [4.78, 5) is 14.9. The van der Waals surface area contributed by atoms with Gasteiger partial charge in [0.1, 0.15) is 0 Å². The minimum atomic E-state index is 0.0144. The van der Waals surface area contributed by atoms with Gasteiger partial charge in [-0.2, -0.15) is 0 Å². The van der Waals surface area contributed by atoms with Gasteiger partial charge in [-0.15, -0.1) is 0 Å². The lowest BCUT2D eigenvalue weighted by Gasteiger charge is -2.37. The van der Waals surface area contributed by atoms with Gasteiger partial charge in [-0.25, -0.2) is 0 Å². The van der Waals surface area contributed by atoms with Gasteiger partial charge in [0.2, 0.25) is 5.91 Å². The Morgan fingerprint density at radius 3 is 1.86 bits per heavy atom. The van der Waals surface area contributed by atoms with Gasteiger partial charge in [0.15, 0.2) is 0 Å².